The van der Waals surface area contributed by atoms with Crippen LogP contribution in [0.1, 0.15) is 329 Å². The standard InChI is InChI=1S/C73H126O6/c1-4-7-10-13-16-19-22-25-27-28-29-30-31-32-33-34-35-36-37-38-39-40-41-42-43-44-46-48-51-54-57-60-63-66-72(75)78-69-70(68-77-71(74)65-62-59-56-53-50-47-24-21-18-15-12-9-6-3)79-73(76)67-64-61-58-55-52-49-45-26-23-20-17-14-11-8-5-2/h8-9,11-12,17-18,20-21,26,45,47,50,52,55,61,64,70H,4-7,10,13-16,19,22-25,27-44,46,48-49,51,53-54,56-60,62-63,65-69H2,1-3H3/b11-8-,12-9-,20-17-,21-18-,45-26-,50-47-,55-52-,64-61-. The smallest absolute Gasteiger partial charge is 0.310 e. The predicted molar refractivity (Wildman–Crippen MR) is 344 cm³/mol. The van der Waals surface area contributed by atoms with Crippen LogP contribution >= 0.6 is 0 Å². The van der Waals surface area contributed by atoms with Crippen LogP contribution in [0.5, 0.6) is 0 Å². The third-order valence-electron chi connectivity index (χ3n) is 14.6. The van der Waals surface area contributed by atoms with Crippen LogP contribution in [0.2, 0.25) is 0 Å². The molecule has 0 aromatic carbocycles. The van der Waals surface area contributed by atoms with Crippen LogP contribution in [-0.2, 0) is 28.6 Å². The monoisotopic (exact) mass is 1100 g/mol. The van der Waals surface area contributed by atoms with Crippen molar-refractivity contribution < 1.29 is 28.6 Å². The van der Waals surface area contributed by atoms with E-state index in [4.69, 9.17) is 14.2 Å². The summed E-state index contributed by atoms with van der Waals surface area (Å²) < 4.78 is 16.8. The number of carbonyl (C=O) groups is 3. The third-order valence-corrected chi connectivity index (χ3v) is 14.6. The van der Waals surface area contributed by atoms with E-state index in [1.165, 1.54) is 193 Å². The number of carbonyl (C=O) groups excluding carboxylic acids is 3. The van der Waals surface area contributed by atoms with Crippen LogP contribution in [0.4, 0.5) is 0 Å². The topological polar surface area (TPSA) is 78.9 Å². The predicted octanol–water partition coefficient (Wildman–Crippen LogP) is 23.2. The second-order valence-electron chi connectivity index (χ2n) is 22.3. The molecule has 6 heteroatoms. The molecule has 0 aliphatic carbocycles. The lowest BCUT2D eigenvalue weighted by Crippen LogP contribution is -2.30. The molecule has 0 saturated heterocycles. The van der Waals surface area contributed by atoms with Crippen LogP contribution in [0.25, 0.3) is 0 Å². The highest BCUT2D eigenvalue weighted by molar-refractivity contribution is 5.72. The van der Waals surface area contributed by atoms with Crippen molar-refractivity contribution in [1.29, 1.82) is 0 Å². The summed E-state index contributed by atoms with van der Waals surface area (Å²) >= 11 is 0. The maximum atomic E-state index is 12.8. The molecule has 0 aliphatic rings. The van der Waals surface area contributed by atoms with Gasteiger partial charge in [-0.05, 0) is 77.0 Å². The molecule has 0 N–H and O–H groups in total. The summed E-state index contributed by atoms with van der Waals surface area (Å²) in [5.74, 6) is -1.08. The molecule has 1 unspecified atom stereocenters. The zero-order valence-electron chi connectivity index (χ0n) is 52.1. The first-order chi connectivity index (χ1) is 39.0. The zero-order valence-corrected chi connectivity index (χ0v) is 52.1. The van der Waals surface area contributed by atoms with Crippen molar-refractivity contribution in [2.75, 3.05) is 13.2 Å². The highest BCUT2D eigenvalue weighted by Crippen LogP contribution is 2.18. The van der Waals surface area contributed by atoms with Gasteiger partial charge in [0.05, 0.1) is 6.42 Å². The van der Waals surface area contributed by atoms with Gasteiger partial charge in [0.25, 0.3) is 0 Å². The molecule has 0 aromatic heterocycles. The number of unbranched alkanes of at least 4 members (excludes halogenated alkanes) is 35. The van der Waals surface area contributed by atoms with Gasteiger partial charge in [0, 0.05) is 12.8 Å². The van der Waals surface area contributed by atoms with Crippen LogP contribution in [0, 0.1) is 0 Å². The van der Waals surface area contributed by atoms with Gasteiger partial charge >= 0.3 is 17.9 Å². The van der Waals surface area contributed by atoms with Crippen LogP contribution < -0.4 is 0 Å². The first kappa shape index (κ1) is 75.3. The molecule has 0 bridgehead atoms. The largest absolute Gasteiger partial charge is 0.462 e. The van der Waals surface area contributed by atoms with Crippen LogP contribution in [0.15, 0.2) is 97.2 Å². The minimum atomic E-state index is -0.844. The lowest BCUT2D eigenvalue weighted by atomic mass is 10.0. The third kappa shape index (κ3) is 65.0. The van der Waals surface area contributed by atoms with E-state index < -0.39 is 12.1 Å². The minimum absolute atomic E-state index is 0.0899. The Bertz CT molecular complexity index is 1540. The molecule has 0 heterocycles. The molecule has 0 fully saturated rings. The molecule has 0 aromatic rings. The molecule has 0 aliphatic heterocycles. The summed E-state index contributed by atoms with van der Waals surface area (Å²) in [6.07, 6.45) is 90.7. The summed E-state index contributed by atoms with van der Waals surface area (Å²) in [7, 11) is 0. The van der Waals surface area contributed by atoms with E-state index >= 15 is 0 Å². The van der Waals surface area contributed by atoms with Gasteiger partial charge in [-0.25, -0.2) is 0 Å². The summed E-state index contributed by atoms with van der Waals surface area (Å²) in [5.41, 5.74) is 0. The quantitative estimate of drug-likeness (QED) is 0.0261. The second-order valence-corrected chi connectivity index (χ2v) is 22.3. The molecule has 79 heavy (non-hydrogen) atoms. The fourth-order valence-electron chi connectivity index (χ4n) is 9.65. The Hall–Kier alpha value is -3.67. The zero-order chi connectivity index (χ0) is 57.1. The molecular formula is C73H126O6. The van der Waals surface area contributed by atoms with Crippen molar-refractivity contribution in [1.82, 2.24) is 0 Å². The van der Waals surface area contributed by atoms with E-state index in [0.717, 1.165) is 89.9 Å². The van der Waals surface area contributed by atoms with Crippen molar-refractivity contribution in [2.45, 2.75) is 335 Å². The maximum absolute atomic E-state index is 12.8. The number of esters is 3. The van der Waals surface area contributed by atoms with Gasteiger partial charge in [-0.1, -0.05) is 330 Å². The molecule has 0 spiro atoms. The number of allylic oxidation sites excluding steroid dienone is 15. The van der Waals surface area contributed by atoms with E-state index in [-0.39, 0.29) is 31.6 Å². The molecule has 0 amide bonds. The van der Waals surface area contributed by atoms with Crippen molar-refractivity contribution >= 4 is 17.9 Å². The van der Waals surface area contributed by atoms with E-state index in [0.29, 0.717) is 19.3 Å². The van der Waals surface area contributed by atoms with Gasteiger partial charge in [0.15, 0.2) is 6.10 Å². The SMILES string of the molecule is CC/C=C\C/C=C\C/C=C\C/C=C\C/C=C\CC(=O)OC(COC(=O)CCCCC/C=C\C/C=C\C/C=C\CC)COC(=O)CCCCCCCCCCCCCCCCCCCCCCCCCCCCCCCCCCC. The van der Waals surface area contributed by atoms with Gasteiger partial charge in [0.2, 0.25) is 0 Å². The summed E-state index contributed by atoms with van der Waals surface area (Å²) in [4.78, 5) is 38.2. The number of hydrogen-bond acceptors (Lipinski definition) is 6. The minimum Gasteiger partial charge on any atom is -0.462 e. The molecule has 454 valence electrons. The van der Waals surface area contributed by atoms with E-state index in [1.807, 2.05) is 6.08 Å². The Morgan fingerprint density at radius 3 is 0.835 bits per heavy atom. The van der Waals surface area contributed by atoms with Gasteiger partial charge in [-0.2, -0.15) is 0 Å². The summed E-state index contributed by atoms with van der Waals surface area (Å²) in [5, 5.41) is 0. The van der Waals surface area contributed by atoms with Crippen molar-refractivity contribution in [3.8, 4) is 0 Å². The Balaban J connectivity index is 4.16. The molecular weight excluding hydrogens is 973 g/mol. The Labute approximate surface area is 489 Å². The second kappa shape index (κ2) is 66.8. The average Bonchev–Trinajstić information content (AvgIpc) is 3.45. The normalized spacial score (nSPS) is 12.7. The Kier molecular flexibility index (Phi) is 63.7. The Morgan fingerprint density at radius 1 is 0.278 bits per heavy atom. The van der Waals surface area contributed by atoms with Crippen molar-refractivity contribution in [3.63, 3.8) is 0 Å². The fraction of sp³-hybridized carbons (Fsp3) is 0.740. The van der Waals surface area contributed by atoms with Gasteiger partial charge in [0.1, 0.15) is 13.2 Å². The maximum Gasteiger partial charge on any atom is 0.310 e. The highest BCUT2D eigenvalue weighted by atomic mass is 16.6. The van der Waals surface area contributed by atoms with Crippen LogP contribution in [0.3, 0.4) is 0 Å². The van der Waals surface area contributed by atoms with Gasteiger partial charge < -0.3 is 14.2 Å². The van der Waals surface area contributed by atoms with E-state index in [9.17, 15) is 14.4 Å². The fourth-order valence-corrected chi connectivity index (χ4v) is 9.65. The van der Waals surface area contributed by atoms with E-state index in [1.54, 1.807) is 6.08 Å². The Morgan fingerprint density at radius 2 is 0.532 bits per heavy atom. The lowest BCUT2D eigenvalue weighted by Gasteiger charge is -2.18. The first-order valence-corrected chi connectivity index (χ1v) is 33.7. The summed E-state index contributed by atoms with van der Waals surface area (Å²) in [6, 6.07) is 0. The molecule has 0 radical (unpaired) electrons. The van der Waals surface area contributed by atoms with Crippen molar-refractivity contribution in [2.24, 2.45) is 0 Å². The van der Waals surface area contributed by atoms with E-state index in [2.05, 4.69) is 106 Å². The molecule has 6 nitrogen and oxygen atoms in total. The average molecular weight is 1100 g/mol. The molecule has 1 atom stereocenters. The molecule has 0 saturated carbocycles. The number of hydrogen-bond donors (Lipinski definition) is 0. The van der Waals surface area contributed by atoms with Gasteiger partial charge in [-0.15, -0.1) is 0 Å². The number of ether oxygens (including phenoxy) is 3. The highest BCUT2D eigenvalue weighted by Gasteiger charge is 2.19. The first-order valence-electron chi connectivity index (χ1n) is 33.7. The van der Waals surface area contributed by atoms with Crippen LogP contribution in [-0.4, -0.2) is 37.2 Å². The lowest BCUT2D eigenvalue weighted by molar-refractivity contribution is -0.166. The summed E-state index contributed by atoms with van der Waals surface area (Å²) in [6.45, 7) is 6.33. The number of rotatable bonds is 61. The van der Waals surface area contributed by atoms with Crippen molar-refractivity contribution in [3.05, 3.63) is 97.2 Å². The van der Waals surface area contributed by atoms with Gasteiger partial charge in [-0.3, -0.25) is 14.4 Å². The molecule has 0 rings (SSSR count).